The molecular weight excluding hydrogens is 381 g/mol. The Morgan fingerprint density at radius 2 is 2.10 bits per heavy atom. The van der Waals surface area contributed by atoms with E-state index in [-0.39, 0.29) is 23.4 Å². The van der Waals surface area contributed by atoms with Gasteiger partial charge in [0.25, 0.3) is 0 Å². The standard InChI is InChI=1S/C21H25F3N4O/c1-13-9-15(27-20(29)14-6-8-25-10-14)12-28(11-13)18-5-4-17(21(22,23)24)19-16(18)3-2-7-26-19/h2-5,7,13-15,25H,6,8-12H2,1H3,(H,27,29)/t13-,14?,15+/m0/s1. The third-order valence-electron chi connectivity index (χ3n) is 5.83. The lowest BCUT2D eigenvalue weighted by atomic mass is 9.94. The molecule has 0 aliphatic carbocycles. The van der Waals surface area contributed by atoms with Crippen LogP contribution in [0.2, 0.25) is 0 Å². The molecule has 2 aromatic rings. The van der Waals surface area contributed by atoms with Gasteiger partial charge in [-0.15, -0.1) is 0 Å². The first kappa shape index (κ1) is 19.9. The van der Waals surface area contributed by atoms with Gasteiger partial charge in [-0.25, -0.2) is 0 Å². The van der Waals surface area contributed by atoms with Crippen molar-refractivity contribution in [3.63, 3.8) is 0 Å². The van der Waals surface area contributed by atoms with E-state index in [4.69, 9.17) is 0 Å². The molecule has 0 spiro atoms. The predicted molar refractivity (Wildman–Crippen MR) is 106 cm³/mol. The van der Waals surface area contributed by atoms with Crippen LogP contribution in [0.15, 0.2) is 30.5 Å². The van der Waals surface area contributed by atoms with E-state index < -0.39 is 11.7 Å². The second-order valence-electron chi connectivity index (χ2n) is 8.17. The van der Waals surface area contributed by atoms with Gasteiger partial charge in [0.2, 0.25) is 5.91 Å². The van der Waals surface area contributed by atoms with Gasteiger partial charge in [-0.1, -0.05) is 6.92 Å². The fraction of sp³-hybridized carbons (Fsp3) is 0.524. The first-order valence-corrected chi connectivity index (χ1v) is 10.0. The van der Waals surface area contributed by atoms with Crippen molar-refractivity contribution >= 4 is 22.5 Å². The Hall–Kier alpha value is -2.35. The molecule has 5 nitrogen and oxygen atoms in total. The number of carbonyl (C=O) groups is 1. The number of hydrogen-bond acceptors (Lipinski definition) is 4. The molecule has 0 bridgehead atoms. The number of anilines is 1. The fourth-order valence-electron chi connectivity index (χ4n) is 4.51. The number of aromatic nitrogens is 1. The molecular formula is C21H25F3N4O. The maximum Gasteiger partial charge on any atom is 0.418 e. The maximum absolute atomic E-state index is 13.4. The van der Waals surface area contributed by atoms with Crippen LogP contribution in [-0.2, 0) is 11.0 Å². The number of pyridine rings is 1. The fourth-order valence-corrected chi connectivity index (χ4v) is 4.51. The molecule has 1 amide bonds. The Labute approximate surface area is 167 Å². The molecule has 2 fully saturated rings. The number of amides is 1. The summed E-state index contributed by atoms with van der Waals surface area (Å²) in [6.45, 7) is 4.97. The Balaban J connectivity index is 1.60. The Bertz CT molecular complexity index is 895. The third-order valence-corrected chi connectivity index (χ3v) is 5.83. The highest BCUT2D eigenvalue weighted by Crippen LogP contribution is 2.38. The van der Waals surface area contributed by atoms with Crippen molar-refractivity contribution in [2.75, 3.05) is 31.1 Å². The number of benzene rings is 1. The van der Waals surface area contributed by atoms with E-state index in [0.29, 0.717) is 24.4 Å². The molecule has 2 saturated heterocycles. The van der Waals surface area contributed by atoms with Crippen LogP contribution in [-0.4, -0.2) is 43.1 Å². The summed E-state index contributed by atoms with van der Waals surface area (Å²) in [4.78, 5) is 18.6. The lowest BCUT2D eigenvalue weighted by Gasteiger charge is -2.39. The molecule has 3 heterocycles. The molecule has 1 aromatic heterocycles. The number of carbonyl (C=O) groups excluding carboxylic acids is 1. The van der Waals surface area contributed by atoms with Crippen molar-refractivity contribution in [3.8, 4) is 0 Å². The zero-order valence-corrected chi connectivity index (χ0v) is 16.3. The Morgan fingerprint density at radius 1 is 1.28 bits per heavy atom. The monoisotopic (exact) mass is 406 g/mol. The van der Waals surface area contributed by atoms with Gasteiger partial charge in [-0.2, -0.15) is 13.2 Å². The highest BCUT2D eigenvalue weighted by molar-refractivity contribution is 5.94. The smallest absolute Gasteiger partial charge is 0.369 e. The van der Waals surface area contributed by atoms with Crippen molar-refractivity contribution in [1.29, 1.82) is 0 Å². The van der Waals surface area contributed by atoms with Crippen molar-refractivity contribution < 1.29 is 18.0 Å². The van der Waals surface area contributed by atoms with Gasteiger partial charge in [0, 0.05) is 42.9 Å². The van der Waals surface area contributed by atoms with Crippen LogP contribution >= 0.6 is 0 Å². The topological polar surface area (TPSA) is 57.3 Å². The molecule has 2 aliphatic heterocycles. The molecule has 29 heavy (non-hydrogen) atoms. The number of alkyl halides is 3. The lowest BCUT2D eigenvalue weighted by molar-refractivity contribution is -0.136. The van der Waals surface area contributed by atoms with Gasteiger partial charge >= 0.3 is 6.18 Å². The van der Waals surface area contributed by atoms with Crippen molar-refractivity contribution in [2.24, 2.45) is 11.8 Å². The van der Waals surface area contributed by atoms with Crippen LogP contribution < -0.4 is 15.5 Å². The number of piperidine rings is 1. The molecule has 0 radical (unpaired) electrons. The Morgan fingerprint density at radius 3 is 2.83 bits per heavy atom. The van der Waals surface area contributed by atoms with Gasteiger partial charge < -0.3 is 15.5 Å². The lowest BCUT2D eigenvalue weighted by Crippen LogP contribution is -2.51. The first-order valence-electron chi connectivity index (χ1n) is 10.0. The third kappa shape index (κ3) is 4.17. The number of halogens is 3. The van der Waals surface area contributed by atoms with E-state index in [9.17, 15) is 18.0 Å². The average molecular weight is 406 g/mol. The maximum atomic E-state index is 13.4. The summed E-state index contributed by atoms with van der Waals surface area (Å²) in [5.74, 6) is 0.370. The summed E-state index contributed by atoms with van der Waals surface area (Å²) in [5.41, 5.74) is -0.0248. The molecule has 156 valence electrons. The second kappa shape index (κ2) is 7.82. The van der Waals surface area contributed by atoms with E-state index in [2.05, 4.69) is 27.4 Å². The van der Waals surface area contributed by atoms with Gasteiger partial charge in [0.15, 0.2) is 0 Å². The zero-order valence-electron chi connectivity index (χ0n) is 16.3. The SMILES string of the molecule is C[C@H]1C[C@@H](NC(=O)C2CCNC2)CN(c2ccc(C(F)(F)F)c3ncccc23)C1. The molecule has 2 N–H and O–H groups in total. The van der Waals surface area contributed by atoms with E-state index in [0.717, 1.165) is 37.7 Å². The van der Waals surface area contributed by atoms with E-state index in [1.807, 2.05) is 0 Å². The average Bonchev–Trinajstić information content (AvgIpc) is 3.21. The van der Waals surface area contributed by atoms with Crippen LogP contribution in [0.25, 0.3) is 10.9 Å². The summed E-state index contributed by atoms with van der Waals surface area (Å²) in [6, 6.07) is 5.96. The highest BCUT2D eigenvalue weighted by Gasteiger charge is 2.35. The summed E-state index contributed by atoms with van der Waals surface area (Å²) in [5, 5.41) is 6.85. The van der Waals surface area contributed by atoms with Crippen molar-refractivity contribution in [2.45, 2.75) is 32.0 Å². The number of fused-ring (bicyclic) bond motifs is 1. The van der Waals surface area contributed by atoms with Crippen LogP contribution in [0, 0.1) is 11.8 Å². The quantitative estimate of drug-likeness (QED) is 0.822. The molecule has 4 rings (SSSR count). The molecule has 1 aromatic carbocycles. The van der Waals surface area contributed by atoms with Crippen LogP contribution in [0.1, 0.15) is 25.3 Å². The van der Waals surface area contributed by atoms with Gasteiger partial charge in [0.05, 0.1) is 17.0 Å². The summed E-state index contributed by atoms with van der Waals surface area (Å²) in [7, 11) is 0. The largest absolute Gasteiger partial charge is 0.418 e. The van der Waals surface area contributed by atoms with Crippen molar-refractivity contribution in [1.82, 2.24) is 15.6 Å². The van der Waals surface area contributed by atoms with E-state index in [1.165, 1.54) is 12.3 Å². The second-order valence-corrected chi connectivity index (χ2v) is 8.17. The summed E-state index contributed by atoms with van der Waals surface area (Å²) < 4.78 is 40.2. The van der Waals surface area contributed by atoms with Crippen LogP contribution in [0.5, 0.6) is 0 Å². The molecule has 2 aliphatic rings. The predicted octanol–water partition coefficient (Wildman–Crippen LogP) is 3.19. The molecule has 1 unspecified atom stereocenters. The zero-order chi connectivity index (χ0) is 20.6. The minimum Gasteiger partial charge on any atom is -0.369 e. The van der Waals surface area contributed by atoms with E-state index >= 15 is 0 Å². The van der Waals surface area contributed by atoms with Gasteiger partial charge in [-0.3, -0.25) is 9.78 Å². The molecule has 3 atom stereocenters. The minimum atomic E-state index is -4.45. The number of rotatable bonds is 3. The van der Waals surface area contributed by atoms with Crippen LogP contribution in [0.4, 0.5) is 18.9 Å². The first-order chi connectivity index (χ1) is 13.8. The van der Waals surface area contributed by atoms with E-state index in [1.54, 1.807) is 12.1 Å². The number of nitrogens with one attached hydrogen (secondary N) is 2. The highest BCUT2D eigenvalue weighted by atomic mass is 19.4. The summed E-state index contributed by atoms with van der Waals surface area (Å²) >= 11 is 0. The Kier molecular flexibility index (Phi) is 5.38. The van der Waals surface area contributed by atoms with Crippen molar-refractivity contribution in [3.05, 3.63) is 36.0 Å². The molecule has 0 saturated carbocycles. The number of hydrogen-bond donors (Lipinski definition) is 2. The molecule has 8 heteroatoms. The van der Waals surface area contributed by atoms with Crippen LogP contribution in [0.3, 0.4) is 0 Å². The minimum absolute atomic E-state index is 0.00298. The normalized spacial score (nSPS) is 25.4. The number of nitrogens with zero attached hydrogens (tertiary/aromatic N) is 2. The summed E-state index contributed by atoms with van der Waals surface area (Å²) in [6.07, 6.45) is -1.36. The van der Waals surface area contributed by atoms with Gasteiger partial charge in [0.1, 0.15) is 0 Å². The van der Waals surface area contributed by atoms with Gasteiger partial charge in [-0.05, 0) is 49.6 Å².